The second-order valence-corrected chi connectivity index (χ2v) is 4.99. The molecule has 0 saturated heterocycles. The SMILES string of the molecule is Cc1cc(F)ccc1Nc1ccc(N)cc1I. The quantitative estimate of drug-likeness (QED) is 0.638. The molecule has 0 amide bonds. The molecule has 2 nitrogen and oxygen atoms in total. The molecule has 0 radical (unpaired) electrons. The minimum Gasteiger partial charge on any atom is -0.399 e. The van der Waals surface area contributed by atoms with E-state index in [1.54, 1.807) is 6.07 Å². The van der Waals surface area contributed by atoms with E-state index in [0.717, 1.165) is 26.2 Å². The average Bonchev–Trinajstić information content (AvgIpc) is 2.25. The summed E-state index contributed by atoms with van der Waals surface area (Å²) in [7, 11) is 0. The van der Waals surface area contributed by atoms with Crippen molar-refractivity contribution in [3.05, 3.63) is 51.3 Å². The van der Waals surface area contributed by atoms with Gasteiger partial charge in [-0.15, -0.1) is 0 Å². The van der Waals surface area contributed by atoms with Gasteiger partial charge in [-0.1, -0.05) is 0 Å². The summed E-state index contributed by atoms with van der Waals surface area (Å²) in [4.78, 5) is 0. The third kappa shape index (κ3) is 2.88. The van der Waals surface area contributed by atoms with Crippen molar-refractivity contribution in [1.82, 2.24) is 0 Å². The van der Waals surface area contributed by atoms with Crippen molar-refractivity contribution in [3.63, 3.8) is 0 Å². The summed E-state index contributed by atoms with van der Waals surface area (Å²) in [5, 5.41) is 3.27. The summed E-state index contributed by atoms with van der Waals surface area (Å²) >= 11 is 2.21. The number of nitrogens with two attached hydrogens (primary N) is 1. The highest BCUT2D eigenvalue weighted by atomic mass is 127. The van der Waals surface area contributed by atoms with E-state index in [1.807, 2.05) is 25.1 Å². The predicted octanol–water partition coefficient (Wildman–Crippen LogP) is 4.06. The molecule has 3 N–H and O–H groups in total. The Kier molecular flexibility index (Phi) is 3.51. The van der Waals surface area contributed by atoms with Gasteiger partial charge in [0.25, 0.3) is 0 Å². The number of anilines is 3. The van der Waals surface area contributed by atoms with Crippen LogP contribution in [-0.4, -0.2) is 0 Å². The first-order chi connectivity index (χ1) is 8.06. The summed E-state index contributed by atoms with van der Waals surface area (Å²) < 4.78 is 14.0. The molecule has 2 rings (SSSR count). The molecule has 2 aromatic rings. The highest BCUT2D eigenvalue weighted by molar-refractivity contribution is 14.1. The fourth-order valence-corrected chi connectivity index (χ4v) is 2.22. The molecule has 0 saturated carbocycles. The van der Waals surface area contributed by atoms with E-state index in [1.165, 1.54) is 12.1 Å². The number of rotatable bonds is 2. The summed E-state index contributed by atoms with van der Waals surface area (Å²) in [5.74, 6) is -0.222. The van der Waals surface area contributed by atoms with Gasteiger partial charge in [-0.05, 0) is 71.5 Å². The fourth-order valence-electron chi connectivity index (χ4n) is 1.55. The third-order valence-corrected chi connectivity index (χ3v) is 3.34. The monoisotopic (exact) mass is 342 g/mol. The fraction of sp³-hybridized carbons (Fsp3) is 0.0769. The molecule has 0 bridgehead atoms. The topological polar surface area (TPSA) is 38.0 Å². The van der Waals surface area contributed by atoms with E-state index in [2.05, 4.69) is 27.9 Å². The van der Waals surface area contributed by atoms with Crippen LogP contribution in [0.3, 0.4) is 0 Å². The lowest BCUT2D eigenvalue weighted by Gasteiger charge is -2.11. The van der Waals surface area contributed by atoms with Crippen LogP contribution < -0.4 is 11.1 Å². The number of halogens is 2. The number of hydrogen-bond acceptors (Lipinski definition) is 2. The van der Waals surface area contributed by atoms with Gasteiger partial charge in [0.2, 0.25) is 0 Å². The maximum atomic E-state index is 13.0. The number of nitrogens with one attached hydrogen (secondary N) is 1. The Hall–Kier alpha value is -1.30. The first-order valence-corrected chi connectivity index (χ1v) is 6.22. The maximum absolute atomic E-state index is 13.0. The van der Waals surface area contributed by atoms with Crippen LogP contribution >= 0.6 is 22.6 Å². The molecule has 2 aromatic carbocycles. The van der Waals surface area contributed by atoms with Crippen LogP contribution in [-0.2, 0) is 0 Å². The van der Waals surface area contributed by atoms with Gasteiger partial charge >= 0.3 is 0 Å². The second kappa shape index (κ2) is 4.91. The van der Waals surface area contributed by atoms with Crippen molar-refractivity contribution in [1.29, 1.82) is 0 Å². The molecule has 0 heterocycles. The van der Waals surface area contributed by atoms with Crippen molar-refractivity contribution in [2.75, 3.05) is 11.1 Å². The van der Waals surface area contributed by atoms with Gasteiger partial charge in [0.05, 0.1) is 5.69 Å². The molecular weight excluding hydrogens is 330 g/mol. The summed E-state index contributed by atoms with van der Waals surface area (Å²) in [6.45, 7) is 1.87. The van der Waals surface area contributed by atoms with E-state index in [4.69, 9.17) is 5.73 Å². The smallest absolute Gasteiger partial charge is 0.123 e. The Balaban J connectivity index is 2.31. The number of benzene rings is 2. The highest BCUT2D eigenvalue weighted by Crippen LogP contribution is 2.26. The van der Waals surface area contributed by atoms with Crippen molar-refractivity contribution in [2.24, 2.45) is 0 Å². The van der Waals surface area contributed by atoms with Gasteiger partial charge in [0.15, 0.2) is 0 Å². The summed E-state index contributed by atoms with van der Waals surface area (Å²) in [6.07, 6.45) is 0. The van der Waals surface area contributed by atoms with Crippen molar-refractivity contribution >= 4 is 39.7 Å². The number of aryl methyl sites for hydroxylation is 1. The molecule has 0 atom stereocenters. The van der Waals surface area contributed by atoms with Gasteiger partial charge in [-0.3, -0.25) is 0 Å². The van der Waals surface area contributed by atoms with E-state index in [-0.39, 0.29) is 5.82 Å². The van der Waals surface area contributed by atoms with Gasteiger partial charge in [-0.25, -0.2) is 4.39 Å². The molecule has 0 spiro atoms. The van der Waals surface area contributed by atoms with Gasteiger partial charge < -0.3 is 11.1 Å². The predicted molar refractivity (Wildman–Crippen MR) is 78.0 cm³/mol. The first kappa shape index (κ1) is 12.2. The Morgan fingerprint density at radius 1 is 1.12 bits per heavy atom. The van der Waals surface area contributed by atoms with E-state index in [0.29, 0.717) is 0 Å². The van der Waals surface area contributed by atoms with Crippen LogP contribution in [0.25, 0.3) is 0 Å². The molecule has 0 aromatic heterocycles. The Labute approximate surface area is 113 Å². The maximum Gasteiger partial charge on any atom is 0.123 e. The van der Waals surface area contributed by atoms with Crippen molar-refractivity contribution < 1.29 is 4.39 Å². The molecule has 88 valence electrons. The lowest BCUT2D eigenvalue weighted by molar-refractivity contribution is 0.627. The largest absolute Gasteiger partial charge is 0.399 e. The average molecular weight is 342 g/mol. The highest BCUT2D eigenvalue weighted by Gasteiger charge is 2.03. The Morgan fingerprint density at radius 3 is 2.47 bits per heavy atom. The molecule has 0 unspecified atom stereocenters. The standard InChI is InChI=1S/C13H12FIN2/c1-8-6-9(14)2-4-12(8)17-13-5-3-10(16)7-11(13)15/h2-7,17H,16H2,1H3. The van der Waals surface area contributed by atoms with Gasteiger partial charge in [0.1, 0.15) is 5.82 Å². The van der Waals surface area contributed by atoms with Crippen LogP contribution in [0, 0.1) is 16.3 Å². The van der Waals surface area contributed by atoms with E-state index < -0.39 is 0 Å². The molecule has 4 heteroatoms. The minimum atomic E-state index is -0.222. The zero-order chi connectivity index (χ0) is 12.4. The third-order valence-electron chi connectivity index (χ3n) is 2.45. The molecule has 0 fully saturated rings. The lowest BCUT2D eigenvalue weighted by Crippen LogP contribution is -1.97. The Morgan fingerprint density at radius 2 is 1.82 bits per heavy atom. The molecular formula is C13H12FIN2. The number of hydrogen-bond donors (Lipinski definition) is 2. The molecule has 0 aliphatic rings. The normalized spacial score (nSPS) is 10.3. The molecule has 0 aliphatic heterocycles. The van der Waals surface area contributed by atoms with Gasteiger partial charge in [0, 0.05) is 14.9 Å². The van der Waals surface area contributed by atoms with Crippen LogP contribution in [0.2, 0.25) is 0 Å². The van der Waals surface area contributed by atoms with Crippen molar-refractivity contribution in [3.8, 4) is 0 Å². The molecule has 17 heavy (non-hydrogen) atoms. The van der Waals surface area contributed by atoms with Crippen LogP contribution in [0.15, 0.2) is 36.4 Å². The van der Waals surface area contributed by atoms with Crippen molar-refractivity contribution in [2.45, 2.75) is 6.92 Å². The lowest BCUT2D eigenvalue weighted by atomic mass is 10.2. The first-order valence-electron chi connectivity index (χ1n) is 5.14. The summed E-state index contributed by atoms with van der Waals surface area (Å²) in [5.41, 5.74) is 9.16. The van der Waals surface area contributed by atoms with E-state index in [9.17, 15) is 4.39 Å². The Bertz CT molecular complexity index is 506. The van der Waals surface area contributed by atoms with E-state index >= 15 is 0 Å². The number of nitrogen functional groups attached to an aromatic ring is 1. The summed E-state index contributed by atoms with van der Waals surface area (Å²) in [6, 6.07) is 10.3. The van der Waals surface area contributed by atoms with Crippen LogP contribution in [0.1, 0.15) is 5.56 Å². The van der Waals surface area contributed by atoms with Crippen LogP contribution in [0.5, 0.6) is 0 Å². The zero-order valence-corrected chi connectivity index (χ0v) is 11.5. The zero-order valence-electron chi connectivity index (χ0n) is 9.30. The van der Waals surface area contributed by atoms with Crippen LogP contribution in [0.4, 0.5) is 21.5 Å². The van der Waals surface area contributed by atoms with Gasteiger partial charge in [-0.2, -0.15) is 0 Å². The minimum absolute atomic E-state index is 0.222. The molecule has 0 aliphatic carbocycles. The second-order valence-electron chi connectivity index (χ2n) is 3.82.